The Bertz CT molecular complexity index is 654. The Balaban J connectivity index is 1.83. The number of rotatable bonds is 3. The summed E-state index contributed by atoms with van der Waals surface area (Å²) in [6.07, 6.45) is 15.7. The van der Waals surface area contributed by atoms with Crippen LogP contribution in [-0.2, 0) is 0 Å². The number of imidazole rings is 1. The lowest BCUT2D eigenvalue weighted by atomic mass is 9.85. The van der Waals surface area contributed by atoms with Gasteiger partial charge in [-0.2, -0.15) is 0 Å². The molecule has 2 heterocycles. The molecule has 0 saturated heterocycles. The molecule has 1 fully saturated rings. The van der Waals surface area contributed by atoms with Gasteiger partial charge in [0.25, 0.3) is 0 Å². The Labute approximate surface area is 119 Å². The van der Waals surface area contributed by atoms with E-state index < -0.39 is 6.10 Å². The van der Waals surface area contributed by atoms with Crippen molar-refractivity contribution in [1.29, 1.82) is 0 Å². The highest BCUT2D eigenvalue weighted by molar-refractivity contribution is 5.59. The van der Waals surface area contributed by atoms with E-state index in [9.17, 15) is 5.11 Å². The average Bonchev–Trinajstić information content (AvgIpc) is 3.23. The number of aliphatic hydroxyl groups excluding tert-OH is 1. The Morgan fingerprint density at radius 1 is 1.30 bits per heavy atom. The second kappa shape index (κ2) is 4.74. The van der Waals surface area contributed by atoms with Crippen molar-refractivity contribution in [3.05, 3.63) is 48.1 Å². The summed E-state index contributed by atoms with van der Waals surface area (Å²) in [7, 11) is 0. The van der Waals surface area contributed by atoms with Crippen LogP contribution in [0.4, 0.5) is 0 Å². The van der Waals surface area contributed by atoms with E-state index in [2.05, 4.69) is 29.4 Å². The number of fused-ring (bicyclic) bond motifs is 1. The van der Waals surface area contributed by atoms with Crippen molar-refractivity contribution in [2.75, 3.05) is 0 Å². The van der Waals surface area contributed by atoms with Crippen LogP contribution in [0.1, 0.15) is 55.3 Å². The van der Waals surface area contributed by atoms with E-state index in [-0.39, 0.29) is 5.92 Å². The van der Waals surface area contributed by atoms with Crippen molar-refractivity contribution in [2.24, 2.45) is 5.92 Å². The lowest BCUT2D eigenvalue weighted by Crippen LogP contribution is -2.15. The van der Waals surface area contributed by atoms with Gasteiger partial charge in [0.15, 0.2) is 0 Å². The number of allylic oxidation sites excluding steroid dienone is 1. The monoisotopic (exact) mass is 268 g/mol. The maximum atomic E-state index is 10.9. The predicted octanol–water partition coefficient (Wildman–Crippen LogP) is 3.60. The number of nitrogens with zero attached hydrogens (tertiary/aromatic N) is 2. The van der Waals surface area contributed by atoms with E-state index >= 15 is 0 Å². The molecule has 0 aliphatic heterocycles. The van der Waals surface area contributed by atoms with Gasteiger partial charge in [0.1, 0.15) is 0 Å². The summed E-state index contributed by atoms with van der Waals surface area (Å²) in [4.78, 5) is 4.24. The fraction of sp³-hybridized carbons (Fsp3) is 0.471. The predicted molar refractivity (Wildman–Crippen MR) is 78.6 cm³/mol. The second-order valence-electron chi connectivity index (χ2n) is 6.11. The SMILES string of the molecule is OC(c1c(C2CC2)ccn2cncc12)C1C=CCCC1. The fourth-order valence-electron chi connectivity index (χ4n) is 3.42. The van der Waals surface area contributed by atoms with E-state index in [4.69, 9.17) is 0 Å². The van der Waals surface area contributed by atoms with Crippen molar-refractivity contribution >= 4 is 5.52 Å². The van der Waals surface area contributed by atoms with Gasteiger partial charge < -0.3 is 9.51 Å². The summed E-state index contributed by atoms with van der Waals surface area (Å²) in [6.45, 7) is 0. The van der Waals surface area contributed by atoms with Crippen LogP contribution in [0.5, 0.6) is 0 Å². The molecule has 0 aromatic carbocycles. The van der Waals surface area contributed by atoms with Crippen molar-refractivity contribution in [2.45, 2.75) is 44.1 Å². The molecule has 20 heavy (non-hydrogen) atoms. The minimum Gasteiger partial charge on any atom is -0.388 e. The molecule has 0 spiro atoms. The van der Waals surface area contributed by atoms with Crippen LogP contribution in [0.15, 0.2) is 36.9 Å². The van der Waals surface area contributed by atoms with Crippen LogP contribution in [0.25, 0.3) is 5.52 Å². The molecule has 4 rings (SSSR count). The Morgan fingerprint density at radius 2 is 2.20 bits per heavy atom. The lowest BCUT2D eigenvalue weighted by molar-refractivity contribution is 0.123. The first-order valence-corrected chi connectivity index (χ1v) is 7.64. The minimum atomic E-state index is -0.400. The van der Waals surface area contributed by atoms with Gasteiger partial charge >= 0.3 is 0 Å². The highest BCUT2D eigenvalue weighted by atomic mass is 16.3. The molecule has 104 valence electrons. The quantitative estimate of drug-likeness (QED) is 0.864. The zero-order chi connectivity index (χ0) is 13.5. The first kappa shape index (κ1) is 12.2. The summed E-state index contributed by atoms with van der Waals surface area (Å²) in [5.74, 6) is 0.898. The summed E-state index contributed by atoms with van der Waals surface area (Å²) in [5, 5.41) is 10.9. The topological polar surface area (TPSA) is 37.5 Å². The third kappa shape index (κ3) is 1.97. The third-order valence-corrected chi connectivity index (χ3v) is 4.68. The summed E-state index contributed by atoms with van der Waals surface area (Å²) >= 11 is 0. The van der Waals surface area contributed by atoms with Gasteiger partial charge in [0.05, 0.1) is 24.1 Å². The molecule has 2 aromatic rings. The molecule has 1 N–H and O–H groups in total. The van der Waals surface area contributed by atoms with Crippen LogP contribution in [0, 0.1) is 5.92 Å². The molecule has 0 bridgehead atoms. The first-order chi connectivity index (χ1) is 9.84. The average molecular weight is 268 g/mol. The van der Waals surface area contributed by atoms with E-state index in [1.807, 2.05) is 16.9 Å². The molecule has 2 unspecified atom stereocenters. The number of hydrogen-bond acceptors (Lipinski definition) is 2. The first-order valence-electron chi connectivity index (χ1n) is 7.64. The zero-order valence-corrected chi connectivity index (χ0v) is 11.6. The molecule has 2 aromatic heterocycles. The molecule has 2 aliphatic rings. The number of aliphatic hydroxyl groups is 1. The van der Waals surface area contributed by atoms with Crippen LogP contribution in [-0.4, -0.2) is 14.5 Å². The third-order valence-electron chi connectivity index (χ3n) is 4.68. The molecule has 0 amide bonds. The number of pyridine rings is 1. The van der Waals surface area contributed by atoms with Crippen molar-refractivity contribution in [3.8, 4) is 0 Å². The van der Waals surface area contributed by atoms with E-state index in [0.29, 0.717) is 5.92 Å². The molecule has 3 nitrogen and oxygen atoms in total. The van der Waals surface area contributed by atoms with Crippen LogP contribution in [0.2, 0.25) is 0 Å². The van der Waals surface area contributed by atoms with Gasteiger partial charge in [-0.1, -0.05) is 12.2 Å². The maximum Gasteiger partial charge on any atom is 0.0992 e. The van der Waals surface area contributed by atoms with E-state index in [1.54, 1.807) is 0 Å². The maximum absolute atomic E-state index is 10.9. The second-order valence-corrected chi connectivity index (χ2v) is 6.11. The molecule has 0 radical (unpaired) electrons. The van der Waals surface area contributed by atoms with Gasteiger partial charge in [-0.05, 0) is 49.7 Å². The van der Waals surface area contributed by atoms with Crippen LogP contribution < -0.4 is 0 Å². The molecular weight excluding hydrogens is 248 g/mol. The van der Waals surface area contributed by atoms with Gasteiger partial charge in [-0.15, -0.1) is 0 Å². The van der Waals surface area contributed by atoms with Gasteiger partial charge in [-0.3, -0.25) is 0 Å². The van der Waals surface area contributed by atoms with Crippen molar-refractivity contribution in [3.63, 3.8) is 0 Å². The lowest BCUT2D eigenvalue weighted by Gasteiger charge is -2.25. The highest BCUT2D eigenvalue weighted by Crippen LogP contribution is 2.45. The molecular formula is C17H20N2O. The Hall–Kier alpha value is -1.61. The van der Waals surface area contributed by atoms with Crippen molar-refractivity contribution in [1.82, 2.24) is 9.38 Å². The number of aromatic nitrogens is 2. The highest BCUT2D eigenvalue weighted by Gasteiger charge is 2.31. The van der Waals surface area contributed by atoms with Crippen molar-refractivity contribution < 1.29 is 5.11 Å². The van der Waals surface area contributed by atoms with E-state index in [1.165, 1.54) is 24.8 Å². The van der Waals surface area contributed by atoms with Crippen LogP contribution >= 0.6 is 0 Å². The van der Waals surface area contributed by atoms with Crippen LogP contribution in [0.3, 0.4) is 0 Å². The van der Waals surface area contributed by atoms with Gasteiger partial charge in [-0.25, -0.2) is 4.98 Å². The summed E-state index contributed by atoms with van der Waals surface area (Å²) < 4.78 is 2.02. The largest absolute Gasteiger partial charge is 0.388 e. The molecule has 2 atom stereocenters. The summed E-state index contributed by atoms with van der Waals surface area (Å²) in [6, 6.07) is 2.18. The van der Waals surface area contributed by atoms with Gasteiger partial charge in [0.2, 0.25) is 0 Å². The standard InChI is InChI=1S/C17H20N2O/c20-17(13-4-2-1-3-5-13)16-14(12-6-7-12)8-9-19-11-18-10-15(16)19/h2,4,8-13,17,20H,1,3,5-7H2. The Kier molecular flexibility index (Phi) is 2.88. The molecule has 3 heteroatoms. The molecule has 2 aliphatic carbocycles. The van der Waals surface area contributed by atoms with Gasteiger partial charge in [0, 0.05) is 17.7 Å². The zero-order valence-electron chi connectivity index (χ0n) is 11.6. The number of hydrogen-bond donors (Lipinski definition) is 1. The fourth-order valence-corrected chi connectivity index (χ4v) is 3.42. The Morgan fingerprint density at radius 3 is 2.95 bits per heavy atom. The summed E-state index contributed by atoms with van der Waals surface area (Å²) in [5.41, 5.74) is 3.52. The minimum absolute atomic E-state index is 0.252. The molecule has 1 saturated carbocycles. The normalized spacial score (nSPS) is 24.1. The smallest absolute Gasteiger partial charge is 0.0992 e. The van der Waals surface area contributed by atoms with E-state index in [0.717, 1.165) is 23.9 Å².